The number of carbonyl (C=O) groups is 2. The van der Waals surface area contributed by atoms with Crippen LogP contribution in [0.4, 0.5) is 0 Å². The Morgan fingerprint density at radius 2 is 1.79 bits per heavy atom. The minimum atomic E-state index is -0.936. The summed E-state index contributed by atoms with van der Waals surface area (Å²) in [5, 5.41) is 9.49. The quantitative estimate of drug-likeness (QED) is 0.589. The first-order chi connectivity index (χ1) is 14.7. The Labute approximate surface area is 208 Å². The summed E-state index contributed by atoms with van der Waals surface area (Å²) in [5.41, 5.74) is 13.0. The molecule has 1 aromatic heterocycles. The Kier molecular flexibility index (Phi) is 10.8. The van der Waals surface area contributed by atoms with E-state index in [4.69, 9.17) is 10.7 Å². The van der Waals surface area contributed by atoms with Crippen molar-refractivity contribution in [2.45, 2.75) is 66.0 Å². The van der Waals surface area contributed by atoms with Crippen LogP contribution < -0.4 is 5.73 Å². The summed E-state index contributed by atoms with van der Waals surface area (Å²) in [5.74, 6) is -0.673. The smallest absolute Gasteiger partial charge is 0.326 e. The molecule has 0 radical (unpaired) electrons. The molecular weight excluding hydrogens is 461 g/mol. The van der Waals surface area contributed by atoms with Crippen molar-refractivity contribution in [3.05, 3.63) is 52.3 Å². The van der Waals surface area contributed by atoms with Gasteiger partial charge in [-0.2, -0.15) is 0 Å². The zero-order valence-corrected chi connectivity index (χ0v) is 21.4. The number of rotatable bonds is 7. The molecule has 0 saturated carbocycles. The van der Waals surface area contributed by atoms with Crippen LogP contribution in [0.15, 0.2) is 24.3 Å². The molecule has 3 rings (SSSR count). The monoisotopic (exact) mass is 495 g/mol. The van der Waals surface area contributed by atoms with E-state index in [0.29, 0.717) is 31.8 Å². The summed E-state index contributed by atoms with van der Waals surface area (Å²) in [4.78, 5) is 31.1. The van der Waals surface area contributed by atoms with E-state index >= 15 is 0 Å². The molecule has 0 spiro atoms. The number of amides is 1. The lowest BCUT2D eigenvalue weighted by Gasteiger charge is -2.25. The van der Waals surface area contributed by atoms with Crippen LogP contribution in [0.1, 0.15) is 54.8 Å². The van der Waals surface area contributed by atoms with E-state index in [1.54, 1.807) is 0 Å². The van der Waals surface area contributed by atoms with Gasteiger partial charge in [0.15, 0.2) is 0 Å². The number of aliphatic carboxylic acids is 1. The lowest BCUT2D eigenvalue weighted by atomic mass is 9.88. The first kappa shape index (κ1) is 28.9. The average Bonchev–Trinajstić information content (AvgIpc) is 3.20. The van der Waals surface area contributed by atoms with Crippen LogP contribution in [0, 0.1) is 19.8 Å². The van der Waals surface area contributed by atoms with E-state index in [2.05, 4.69) is 38.1 Å². The summed E-state index contributed by atoms with van der Waals surface area (Å²) in [7, 11) is 0. The normalized spacial score (nSPS) is 15.2. The summed E-state index contributed by atoms with van der Waals surface area (Å²) < 4.78 is 0. The molecule has 2 aromatic rings. The molecule has 1 atom stereocenters. The summed E-state index contributed by atoms with van der Waals surface area (Å²) >= 11 is 0. The summed E-state index contributed by atoms with van der Waals surface area (Å²) in [6, 6.07) is 7.50. The highest BCUT2D eigenvalue weighted by atomic mass is 35.5. The molecule has 0 unspecified atom stereocenters. The first-order valence-corrected chi connectivity index (χ1v) is 11.0. The minimum absolute atomic E-state index is 0. The number of pyridine rings is 1. The number of carbonyl (C=O) groups excluding carboxylic acids is 1. The number of halogens is 2. The van der Waals surface area contributed by atoms with Gasteiger partial charge < -0.3 is 15.7 Å². The van der Waals surface area contributed by atoms with Crippen LogP contribution >= 0.6 is 24.8 Å². The Morgan fingerprint density at radius 3 is 2.33 bits per heavy atom. The minimum Gasteiger partial charge on any atom is -0.480 e. The highest BCUT2D eigenvalue weighted by Crippen LogP contribution is 2.33. The van der Waals surface area contributed by atoms with Crippen LogP contribution in [0.2, 0.25) is 0 Å². The van der Waals surface area contributed by atoms with Crippen LogP contribution in [-0.2, 0) is 29.0 Å². The standard InChI is InChI=1S/C25H33N3O3.2ClH/c1-15(2)12-21-20(14-26)24(18-9-7-16(3)8-10-18)19(17(4)27-21)13-23(29)28-11-5-6-22(28)25(30)31;;/h7-10,15,22H,5-6,11-14,26H2,1-4H3,(H,30,31);2*1H/t22-;;/m1../s1. The molecule has 1 aliphatic heterocycles. The Balaban J connectivity index is 0.00000272. The van der Waals surface area contributed by atoms with Crippen molar-refractivity contribution < 1.29 is 14.7 Å². The zero-order chi connectivity index (χ0) is 22.7. The summed E-state index contributed by atoms with van der Waals surface area (Å²) in [6.07, 6.45) is 2.16. The van der Waals surface area contributed by atoms with Gasteiger partial charge >= 0.3 is 5.97 Å². The molecule has 8 heteroatoms. The molecule has 2 heterocycles. The maximum absolute atomic E-state index is 13.2. The molecule has 1 aliphatic rings. The van der Waals surface area contributed by atoms with Gasteiger partial charge in [-0.3, -0.25) is 9.78 Å². The van der Waals surface area contributed by atoms with Crippen molar-refractivity contribution in [2.75, 3.05) is 6.54 Å². The van der Waals surface area contributed by atoms with Gasteiger partial charge in [0, 0.05) is 24.5 Å². The molecule has 33 heavy (non-hydrogen) atoms. The van der Waals surface area contributed by atoms with Gasteiger partial charge in [0.2, 0.25) is 5.91 Å². The van der Waals surface area contributed by atoms with E-state index in [0.717, 1.165) is 45.6 Å². The number of benzene rings is 1. The molecule has 1 saturated heterocycles. The fourth-order valence-electron chi connectivity index (χ4n) is 4.48. The highest BCUT2D eigenvalue weighted by molar-refractivity contribution is 5.88. The molecule has 0 aliphatic carbocycles. The van der Waals surface area contributed by atoms with Crippen LogP contribution in [0.3, 0.4) is 0 Å². The third-order valence-electron chi connectivity index (χ3n) is 6.02. The van der Waals surface area contributed by atoms with Crippen LogP contribution in [0.25, 0.3) is 11.1 Å². The highest BCUT2D eigenvalue weighted by Gasteiger charge is 2.34. The third-order valence-corrected chi connectivity index (χ3v) is 6.02. The van der Waals surface area contributed by atoms with Gasteiger partial charge in [0.1, 0.15) is 6.04 Å². The van der Waals surface area contributed by atoms with E-state index in [-0.39, 0.29) is 37.1 Å². The largest absolute Gasteiger partial charge is 0.480 e. The van der Waals surface area contributed by atoms with Crippen molar-refractivity contribution in [1.82, 2.24) is 9.88 Å². The average molecular weight is 496 g/mol. The Hall–Kier alpha value is -2.15. The number of carboxylic acids is 1. The van der Waals surface area contributed by atoms with E-state index in [1.165, 1.54) is 4.90 Å². The molecule has 6 nitrogen and oxygen atoms in total. The predicted molar refractivity (Wildman–Crippen MR) is 136 cm³/mol. The number of hydrogen-bond donors (Lipinski definition) is 2. The Morgan fingerprint density at radius 1 is 1.15 bits per heavy atom. The lowest BCUT2D eigenvalue weighted by molar-refractivity contribution is -0.148. The zero-order valence-electron chi connectivity index (χ0n) is 19.8. The van der Waals surface area contributed by atoms with Gasteiger partial charge in [0.25, 0.3) is 0 Å². The molecule has 1 fully saturated rings. The van der Waals surface area contributed by atoms with Crippen molar-refractivity contribution in [1.29, 1.82) is 0 Å². The number of aryl methyl sites for hydroxylation is 2. The molecule has 3 N–H and O–H groups in total. The number of aromatic nitrogens is 1. The lowest BCUT2D eigenvalue weighted by Crippen LogP contribution is -2.41. The van der Waals surface area contributed by atoms with Crippen LogP contribution in [0.5, 0.6) is 0 Å². The fourth-order valence-corrected chi connectivity index (χ4v) is 4.48. The van der Waals surface area contributed by atoms with Crippen molar-refractivity contribution >= 4 is 36.7 Å². The third kappa shape index (κ3) is 6.46. The number of carboxylic acid groups (broad SMARTS) is 1. The topological polar surface area (TPSA) is 96.5 Å². The second-order valence-corrected chi connectivity index (χ2v) is 8.90. The number of nitrogens with two attached hydrogens (primary N) is 1. The Bertz CT molecular complexity index is 978. The van der Waals surface area contributed by atoms with E-state index in [9.17, 15) is 14.7 Å². The van der Waals surface area contributed by atoms with Gasteiger partial charge in [-0.1, -0.05) is 43.7 Å². The van der Waals surface area contributed by atoms with Crippen molar-refractivity contribution in [3.8, 4) is 11.1 Å². The maximum atomic E-state index is 13.2. The SMILES string of the molecule is Cc1ccc(-c2c(CC(=O)N3CCC[C@@H]3C(=O)O)c(C)nc(CC(C)C)c2CN)cc1.Cl.Cl. The van der Waals surface area contributed by atoms with Gasteiger partial charge in [-0.25, -0.2) is 4.79 Å². The number of hydrogen-bond acceptors (Lipinski definition) is 4. The fraction of sp³-hybridized carbons (Fsp3) is 0.480. The van der Waals surface area contributed by atoms with Gasteiger partial charge in [-0.05, 0) is 61.3 Å². The second-order valence-electron chi connectivity index (χ2n) is 8.90. The molecule has 1 amide bonds. The van der Waals surface area contributed by atoms with E-state index < -0.39 is 12.0 Å². The maximum Gasteiger partial charge on any atom is 0.326 e. The molecule has 182 valence electrons. The molecule has 1 aromatic carbocycles. The second kappa shape index (κ2) is 12.4. The molecular formula is C25H35Cl2N3O3. The molecule has 0 bridgehead atoms. The van der Waals surface area contributed by atoms with E-state index in [1.807, 2.05) is 13.8 Å². The van der Waals surface area contributed by atoms with Crippen LogP contribution in [-0.4, -0.2) is 39.5 Å². The van der Waals surface area contributed by atoms with Crippen molar-refractivity contribution in [3.63, 3.8) is 0 Å². The van der Waals surface area contributed by atoms with Gasteiger partial charge in [0.05, 0.1) is 6.42 Å². The number of nitrogens with zero attached hydrogens (tertiary/aromatic N) is 2. The number of likely N-dealkylation sites (tertiary alicyclic amines) is 1. The van der Waals surface area contributed by atoms with Gasteiger partial charge in [-0.15, -0.1) is 24.8 Å². The summed E-state index contributed by atoms with van der Waals surface area (Å²) in [6.45, 7) is 9.10. The predicted octanol–water partition coefficient (Wildman–Crippen LogP) is 4.48. The first-order valence-electron chi connectivity index (χ1n) is 11.0. The van der Waals surface area contributed by atoms with Crippen molar-refractivity contribution in [2.24, 2.45) is 11.7 Å².